The van der Waals surface area contributed by atoms with Gasteiger partial charge in [-0.25, -0.2) is 9.97 Å². The fourth-order valence-corrected chi connectivity index (χ4v) is 10.4. The van der Waals surface area contributed by atoms with Gasteiger partial charge in [0, 0.05) is 32.5 Å². The van der Waals surface area contributed by atoms with Crippen molar-refractivity contribution < 1.29 is 0 Å². The first-order valence-electron chi connectivity index (χ1n) is 19.7. The van der Waals surface area contributed by atoms with Crippen molar-refractivity contribution >= 4 is 54.4 Å². The van der Waals surface area contributed by atoms with Crippen LogP contribution in [0.4, 0.5) is 0 Å². The molecule has 0 amide bonds. The number of nitrogens with zero attached hydrogens (tertiary/aromatic N) is 3. The molecule has 1 fully saturated rings. The van der Waals surface area contributed by atoms with Gasteiger partial charge in [-0.1, -0.05) is 165 Å². The molecule has 0 atom stereocenters. The van der Waals surface area contributed by atoms with Gasteiger partial charge in [0.1, 0.15) is 5.69 Å². The second-order valence-electron chi connectivity index (χ2n) is 15.6. The molecule has 0 radical (unpaired) electrons. The van der Waals surface area contributed by atoms with Crippen LogP contribution in [-0.2, 0) is 5.41 Å². The minimum atomic E-state index is -0.0425. The third kappa shape index (κ3) is 4.32. The van der Waals surface area contributed by atoms with Crippen LogP contribution in [0.15, 0.2) is 164 Å². The fraction of sp³-hybridized carbons (Fsp3) is 0.115. The summed E-state index contributed by atoms with van der Waals surface area (Å²) in [5.74, 6) is 0.860. The van der Waals surface area contributed by atoms with Gasteiger partial charge in [0.2, 0.25) is 0 Å². The number of para-hydroxylation sites is 2. The highest BCUT2D eigenvalue weighted by atomic mass is 15.1. The van der Waals surface area contributed by atoms with Gasteiger partial charge in [0.05, 0.1) is 22.1 Å². The molecule has 3 nitrogen and oxygen atoms in total. The first-order valence-corrected chi connectivity index (χ1v) is 19.7. The van der Waals surface area contributed by atoms with Crippen LogP contribution in [0.25, 0.3) is 93.7 Å². The van der Waals surface area contributed by atoms with E-state index in [1.807, 2.05) is 0 Å². The van der Waals surface area contributed by atoms with E-state index in [4.69, 9.17) is 9.97 Å². The number of rotatable bonds is 3. The molecule has 0 bridgehead atoms. The lowest BCUT2D eigenvalue weighted by Gasteiger charge is -2.36. The molecule has 0 saturated heterocycles. The Labute approximate surface area is 319 Å². The summed E-state index contributed by atoms with van der Waals surface area (Å²) in [6.07, 6.45) is 6.10. The zero-order valence-electron chi connectivity index (χ0n) is 30.5. The van der Waals surface area contributed by atoms with Crippen molar-refractivity contribution in [2.45, 2.75) is 37.5 Å². The van der Waals surface area contributed by atoms with E-state index in [1.165, 1.54) is 90.4 Å². The minimum absolute atomic E-state index is 0.0425. The van der Waals surface area contributed by atoms with E-state index in [9.17, 15) is 0 Å². The summed E-state index contributed by atoms with van der Waals surface area (Å²) in [5.41, 5.74) is 14.3. The Bertz CT molecular complexity index is 3180. The molecule has 0 aliphatic heterocycles. The van der Waals surface area contributed by atoms with E-state index in [2.05, 4.69) is 168 Å². The standard InChI is InChI=1S/C52H37N3/c1-3-16-33(17-4-1)35-19-15-20-36(32-35)48-51(54-44-27-12-11-26-43(44)53-48)55-49-37-21-6-5-18-34(37)28-29-41(49)46-47-45(38-22-7-8-23-39(38)50(46)55)40-24-9-10-25-42(40)52(47)30-13-2-14-31-52/h1,3-12,15-29,32H,2,13-14,30-31H2. The summed E-state index contributed by atoms with van der Waals surface area (Å²) in [7, 11) is 0. The normalized spacial score (nSPS) is 14.7. The lowest BCUT2D eigenvalue weighted by molar-refractivity contribution is 0.355. The average molecular weight is 704 g/mol. The van der Waals surface area contributed by atoms with Crippen LogP contribution in [0.2, 0.25) is 0 Å². The van der Waals surface area contributed by atoms with Crippen LogP contribution in [-0.4, -0.2) is 14.5 Å². The van der Waals surface area contributed by atoms with Gasteiger partial charge < -0.3 is 0 Å². The largest absolute Gasteiger partial charge is 0.291 e. The van der Waals surface area contributed by atoms with Crippen LogP contribution in [0.3, 0.4) is 0 Å². The van der Waals surface area contributed by atoms with Crippen LogP contribution in [0, 0.1) is 0 Å². The quantitative estimate of drug-likeness (QED) is 0.183. The van der Waals surface area contributed by atoms with Crippen molar-refractivity contribution in [3.8, 4) is 39.3 Å². The molecule has 1 saturated carbocycles. The molecule has 8 aromatic carbocycles. The van der Waals surface area contributed by atoms with E-state index >= 15 is 0 Å². The highest BCUT2D eigenvalue weighted by molar-refractivity contribution is 6.29. The zero-order chi connectivity index (χ0) is 36.1. The summed E-state index contributed by atoms with van der Waals surface area (Å²) in [6.45, 7) is 0. The number of aromatic nitrogens is 3. The number of hydrogen-bond acceptors (Lipinski definition) is 2. The van der Waals surface area contributed by atoms with Crippen molar-refractivity contribution in [1.29, 1.82) is 0 Å². The number of hydrogen-bond donors (Lipinski definition) is 0. The van der Waals surface area contributed by atoms with E-state index in [0.29, 0.717) is 0 Å². The molecule has 0 unspecified atom stereocenters. The molecule has 55 heavy (non-hydrogen) atoms. The Hall–Kier alpha value is -6.58. The van der Waals surface area contributed by atoms with Gasteiger partial charge in [-0.3, -0.25) is 4.57 Å². The van der Waals surface area contributed by atoms with Crippen LogP contribution in [0.1, 0.15) is 43.2 Å². The molecule has 1 spiro atoms. The highest BCUT2D eigenvalue weighted by Crippen LogP contribution is 2.61. The van der Waals surface area contributed by atoms with E-state index in [-0.39, 0.29) is 5.41 Å². The third-order valence-corrected chi connectivity index (χ3v) is 12.7. The van der Waals surface area contributed by atoms with Gasteiger partial charge in [0.25, 0.3) is 0 Å². The SMILES string of the molecule is c1ccc(-c2cccc(-c3nc4ccccc4nc3-n3c4c5ccccc5ccc4c4c5c(c6ccccc6c43)-c3ccccc3C53CCCCC3)c2)cc1. The highest BCUT2D eigenvalue weighted by Gasteiger charge is 2.46. The Balaban J connectivity index is 1.31. The molecule has 2 heterocycles. The molecule has 0 N–H and O–H groups in total. The van der Waals surface area contributed by atoms with E-state index in [1.54, 1.807) is 0 Å². The van der Waals surface area contributed by atoms with Gasteiger partial charge in [-0.2, -0.15) is 0 Å². The smallest absolute Gasteiger partial charge is 0.165 e. The summed E-state index contributed by atoms with van der Waals surface area (Å²) in [4.78, 5) is 11.2. The Kier molecular flexibility index (Phi) is 6.56. The predicted octanol–water partition coefficient (Wildman–Crippen LogP) is 13.6. The van der Waals surface area contributed by atoms with Crippen molar-refractivity contribution in [3.05, 3.63) is 175 Å². The zero-order valence-corrected chi connectivity index (χ0v) is 30.5. The minimum Gasteiger partial charge on any atom is -0.291 e. The monoisotopic (exact) mass is 703 g/mol. The summed E-state index contributed by atoms with van der Waals surface area (Å²) < 4.78 is 2.51. The van der Waals surface area contributed by atoms with Gasteiger partial charge in [0.15, 0.2) is 5.82 Å². The molecule has 2 aliphatic rings. The van der Waals surface area contributed by atoms with Crippen molar-refractivity contribution in [3.63, 3.8) is 0 Å². The lowest BCUT2D eigenvalue weighted by atomic mass is 9.66. The Morgan fingerprint density at radius 2 is 1.15 bits per heavy atom. The molecular formula is C52H37N3. The first-order chi connectivity index (χ1) is 27.3. The second-order valence-corrected chi connectivity index (χ2v) is 15.6. The lowest BCUT2D eigenvalue weighted by Crippen LogP contribution is -2.28. The van der Waals surface area contributed by atoms with Crippen molar-refractivity contribution in [2.75, 3.05) is 0 Å². The maximum absolute atomic E-state index is 5.65. The van der Waals surface area contributed by atoms with Crippen molar-refractivity contribution in [2.24, 2.45) is 0 Å². The first kappa shape index (κ1) is 30.8. The second kappa shape index (κ2) is 11.7. The molecule has 12 rings (SSSR count). The predicted molar refractivity (Wildman–Crippen MR) is 229 cm³/mol. The molecular weight excluding hydrogens is 667 g/mol. The number of fused-ring (bicyclic) bond motifs is 15. The third-order valence-electron chi connectivity index (χ3n) is 12.7. The molecule has 260 valence electrons. The molecule has 3 heteroatoms. The topological polar surface area (TPSA) is 30.7 Å². The fourth-order valence-electron chi connectivity index (χ4n) is 10.4. The van der Waals surface area contributed by atoms with Gasteiger partial charge in [-0.15, -0.1) is 0 Å². The average Bonchev–Trinajstić information content (AvgIpc) is 3.75. The Morgan fingerprint density at radius 3 is 2.00 bits per heavy atom. The molecule has 10 aromatic rings. The summed E-state index contributed by atoms with van der Waals surface area (Å²) in [5, 5.41) is 7.66. The Morgan fingerprint density at radius 1 is 0.473 bits per heavy atom. The summed E-state index contributed by atoms with van der Waals surface area (Å²) >= 11 is 0. The maximum atomic E-state index is 5.65. The van der Waals surface area contributed by atoms with Gasteiger partial charge in [-0.05, 0) is 75.2 Å². The van der Waals surface area contributed by atoms with E-state index < -0.39 is 0 Å². The van der Waals surface area contributed by atoms with E-state index in [0.717, 1.165) is 46.5 Å². The molecule has 2 aromatic heterocycles. The molecule has 2 aliphatic carbocycles. The number of benzene rings is 8. The maximum Gasteiger partial charge on any atom is 0.165 e. The van der Waals surface area contributed by atoms with Gasteiger partial charge >= 0.3 is 0 Å². The summed E-state index contributed by atoms with van der Waals surface area (Å²) in [6, 6.07) is 59.9. The van der Waals surface area contributed by atoms with Crippen LogP contribution < -0.4 is 0 Å². The van der Waals surface area contributed by atoms with Crippen molar-refractivity contribution in [1.82, 2.24) is 14.5 Å². The van der Waals surface area contributed by atoms with Crippen LogP contribution >= 0.6 is 0 Å². The van der Waals surface area contributed by atoms with Crippen LogP contribution in [0.5, 0.6) is 0 Å².